The first-order valence-corrected chi connectivity index (χ1v) is 12.9. The number of nitrogens with zero attached hydrogens (tertiary/aromatic N) is 2. The Hall–Kier alpha value is -3.49. The highest BCUT2D eigenvalue weighted by Crippen LogP contribution is 2.23. The Morgan fingerprint density at radius 2 is 1.53 bits per heavy atom. The third-order valence-corrected chi connectivity index (χ3v) is 8.04. The molecule has 1 aromatic heterocycles. The number of H-pyrrole nitrogens is 1. The van der Waals surface area contributed by atoms with Crippen molar-refractivity contribution < 1.29 is 13.2 Å². The van der Waals surface area contributed by atoms with Gasteiger partial charge in [0.05, 0.1) is 15.9 Å². The molecule has 1 amide bonds. The number of para-hydroxylation sites is 2. The van der Waals surface area contributed by atoms with E-state index in [-0.39, 0.29) is 10.8 Å². The van der Waals surface area contributed by atoms with Crippen molar-refractivity contribution in [3.05, 3.63) is 78.4 Å². The SMILES string of the molecule is O=C(Nc1ccc(-c2nc3ccccc3[nH]2)cc1)c1ccc(S(=O)(=O)N2CCCCCC2)cc1. The molecule has 2 N–H and O–H groups in total. The van der Waals surface area contributed by atoms with Gasteiger partial charge < -0.3 is 10.3 Å². The number of sulfonamides is 1. The van der Waals surface area contributed by atoms with E-state index in [2.05, 4.69) is 15.3 Å². The van der Waals surface area contributed by atoms with Crippen LogP contribution in [-0.4, -0.2) is 41.7 Å². The standard InChI is InChI=1S/C26H26N4O3S/c31-26(20-11-15-22(16-12-20)34(32,33)30-17-5-1-2-6-18-30)27-21-13-9-19(10-14-21)25-28-23-7-3-4-8-24(23)29-25/h3-4,7-16H,1-2,5-6,17-18H2,(H,27,31)(H,28,29). The van der Waals surface area contributed by atoms with E-state index in [4.69, 9.17) is 0 Å². The van der Waals surface area contributed by atoms with Gasteiger partial charge >= 0.3 is 0 Å². The van der Waals surface area contributed by atoms with Crippen molar-refractivity contribution in [1.82, 2.24) is 14.3 Å². The highest BCUT2D eigenvalue weighted by molar-refractivity contribution is 7.89. The molecule has 7 nitrogen and oxygen atoms in total. The van der Waals surface area contributed by atoms with Crippen LogP contribution in [0.4, 0.5) is 5.69 Å². The van der Waals surface area contributed by atoms with Crippen LogP contribution in [0.25, 0.3) is 22.4 Å². The molecule has 5 rings (SSSR count). The summed E-state index contributed by atoms with van der Waals surface area (Å²) in [5.74, 6) is 0.468. The largest absolute Gasteiger partial charge is 0.338 e. The number of aromatic nitrogens is 2. The highest BCUT2D eigenvalue weighted by Gasteiger charge is 2.25. The Balaban J connectivity index is 1.27. The van der Waals surface area contributed by atoms with Crippen LogP contribution in [0.3, 0.4) is 0 Å². The van der Waals surface area contributed by atoms with Crippen molar-refractivity contribution in [1.29, 1.82) is 0 Å². The molecule has 1 aliphatic rings. The maximum Gasteiger partial charge on any atom is 0.255 e. The van der Waals surface area contributed by atoms with E-state index in [9.17, 15) is 13.2 Å². The smallest absolute Gasteiger partial charge is 0.255 e. The van der Waals surface area contributed by atoms with Crippen molar-refractivity contribution in [2.24, 2.45) is 0 Å². The zero-order valence-corrected chi connectivity index (χ0v) is 19.5. The van der Waals surface area contributed by atoms with E-state index in [1.807, 2.05) is 48.5 Å². The third-order valence-electron chi connectivity index (χ3n) is 6.12. The van der Waals surface area contributed by atoms with Gasteiger partial charge in [0.1, 0.15) is 5.82 Å². The normalized spacial score (nSPS) is 15.2. The molecule has 0 aliphatic carbocycles. The van der Waals surface area contributed by atoms with Gasteiger partial charge in [-0.1, -0.05) is 25.0 Å². The monoisotopic (exact) mass is 474 g/mol. The number of amides is 1. The van der Waals surface area contributed by atoms with Crippen LogP contribution in [0.2, 0.25) is 0 Å². The van der Waals surface area contributed by atoms with Gasteiger partial charge in [0.15, 0.2) is 0 Å². The Bertz CT molecular complexity index is 1370. The van der Waals surface area contributed by atoms with Gasteiger partial charge in [0.2, 0.25) is 10.0 Å². The minimum atomic E-state index is -3.53. The summed E-state index contributed by atoms with van der Waals surface area (Å²) in [6.07, 6.45) is 3.89. The number of anilines is 1. The maximum atomic E-state index is 12.9. The van der Waals surface area contributed by atoms with Crippen molar-refractivity contribution in [2.75, 3.05) is 18.4 Å². The molecule has 0 spiro atoms. The van der Waals surface area contributed by atoms with Crippen molar-refractivity contribution >= 4 is 32.7 Å². The van der Waals surface area contributed by atoms with E-state index in [0.717, 1.165) is 48.1 Å². The quantitative estimate of drug-likeness (QED) is 0.423. The number of imidazole rings is 1. The summed E-state index contributed by atoms with van der Waals surface area (Å²) < 4.78 is 27.4. The molecular weight excluding hydrogens is 448 g/mol. The van der Waals surface area contributed by atoms with E-state index < -0.39 is 10.0 Å². The van der Waals surface area contributed by atoms with E-state index in [0.29, 0.717) is 24.3 Å². The summed E-state index contributed by atoms with van der Waals surface area (Å²) in [6.45, 7) is 1.10. The number of rotatable bonds is 5. The lowest BCUT2D eigenvalue weighted by atomic mass is 10.1. The number of fused-ring (bicyclic) bond motifs is 1. The first-order valence-electron chi connectivity index (χ1n) is 11.5. The van der Waals surface area contributed by atoms with Crippen LogP contribution >= 0.6 is 0 Å². The molecule has 0 unspecified atom stereocenters. The zero-order valence-electron chi connectivity index (χ0n) is 18.7. The fourth-order valence-corrected chi connectivity index (χ4v) is 5.73. The molecule has 1 aliphatic heterocycles. The lowest BCUT2D eigenvalue weighted by molar-refractivity contribution is 0.102. The molecule has 4 aromatic rings. The fraction of sp³-hybridized carbons (Fsp3) is 0.231. The molecule has 174 valence electrons. The van der Waals surface area contributed by atoms with E-state index in [1.165, 1.54) is 12.1 Å². The molecule has 34 heavy (non-hydrogen) atoms. The summed E-state index contributed by atoms with van der Waals surface area (Å²) in [7, 11) is -3.53. The number of carbonyl (C=O) groups is 1. The molecule has 0 atom stereocenters. The summed E-state index contributed by atoms with van der Waals surface area (Å²) >= 11 is 0. The Morgan fingerprint density at radius 3 is 2.21 bits per heavy atom. The van der Waals surface area contributed by atoms with E-state index >= 15 is 0 Å². The molecule has 1 saturated heterocycles. The zero-order chi connectivity index (χ0) is 23.5. The van der Waals surface area contributed by atoms with Gasteiger partial charge in [-0.15, -0.1) is 0 Å². The number of nitrogens with one attached hydrogen (secondary N) is 2. The Labute approximate surface area is 198 Å². The highest BCUT2D eigenvalue weighted by atomic mass is 32.2. The number of aromatic amines is 1. The molecule has 0 bridgehead atoms. The second-order valence-corrected chi connectivity index (χ2v) is 10.4. The summed E-state index contributed by atoms with van der Waals surface area (Å²) in [6, 6.07) is 21.4. The van der Waals surface area contributed by atoms with Crippen molar-refractivity contribution in [2.45, 2.75) is 30.6 Å². The predicted molar refractivity (Wildman–Crippen MR) is 133 cm³/mol. The molecular formula is C26H26N4O3S. The average molecular weight is 475 g/mol. The van der Waals surface area contributed by atoms with Gasteiger partial charge in [-0.2, -0.15) is 4.31 Å². The minimum absolute atomic E-state index is 0.223. The van der Waals surface area contributed by atoms with E-state index in [1.54, 1.807) is 16.4 Å². The third kappa shape index (κ3) is 4.60. The lowest BCUT2D eigenvalue weighted by Gasteiger charge is -2.20. The van der Waals surface area contributed by atoms with Crippen LogP contribution in [0.15, 0.2) is 77.7 Å². The van der Waals surface area contributed by atoms with Crippen molar-refractivity contribution in [3.63, 3.8) is 0 Å². The van der Waals surface area contributed by atoms with Gasteiger partial charge in [-0.05, 0) is 73.5 Å². The molecule has 8 heteroatoms. The van der Waals surface area contributed by atoms with Crippen LogP contribution in [-0.2, 0) is 10.0 Å². The summed E-state index contributed by atoms with van der Waals surface area (Å²) in [5.41, 5.74) is 3.83. The predicted octanol–water partition coefficient (Wildman–Crippen LogP) is 5.05. The molecule has 2 heterocycles. The second-order valence-electron chi connectivity index (χ2n) is 8.48. The number of carbonyl (C=O) groups excluding carboxylic acids is 1. The second kappa shape index (κ2) is 9.40. The number of hydrogen-bond donors (Lipinski definition) is 2. The Morgan fingerprint density at radius 1 is 0.853 bits per heavy atom. The van der Waals surface area contributed by atoms with Gasteiger partial charge in [-0.3, -0.25) is 4.79 Å². The lowest BCUT2D eigenvalue weighted by Crippen LogP contribution is -2.31. The van der Waals surface area contributed by atoms with Crippen LogP contribution < -0.4 is 5.32 Å². The number of hydrogen-bond acceptors (Lipinski definition) is 4. The van der Waals surface area contributed by atoms with Crippen LogP contribution in [0.1, 0.15) is 36.0 Å². The molecule has 0 saturated carbocycles. The Kier molecular flexibility index (Phi) is 6.17. The first-order chi connectivity index (χ1) is 16.5. The number of benzene rings is 3. The van der Waals surface area contributed by atoms with Crippen molar-refractivity contribution in [3.8, 4) is 11.4 Å². The fourth-order valence-electron chi connectivity index (χ4n) is 4.21. The average Bonchev–Trinajstić information content (AvgIpc) is 3.09. The maximum absolute atomic E-state index is 12.9. The van der Waals surface area contributed by atoms with Crippen LogP contribution in [0.5, 0.6) is 0 Å². The molecule has 3 aromatic carbocycles. The van der Waals surface area contributed by atoms with Gasteiger partial charge in [0, 0.05) is 29.9 Å². The minimum Gasteiger partial charge on any atom is -0.338 e. The molecule has 0 radical (unpaired) electrons. The molecule has 1 fully saturated rings. The van der Waals surface area contributed by atoms with Gasteiger partial charge in [0.25, 0.3) is 5.91 Å². The topological polar surface area (TPSA) is 95.2 Å². The first kappa shape index (κ1) is 22.3. The summed E-state index contributed by atoms with van der Waals surface area (Å²) in [4.78, 5) is 20.8. The van der Waals surface area contributed by atoms with Gasteiger partial charge in [-0.25, -0.2) is 13.4 Å². The summed E-state index contributed by atoms with van der Waals surface area (Å²) in [5, 5.41) is 2.86. The van der Waals surface area contributed by atoms with Crippen LogP contribution in [0, 0.1) is 0 Å².